The first-order valence-electron chi connectivity index (χ1n) is 16.9. The number of aromatic nitrogens is 1. The first-order chi connectivity index (χ1) is 24.2. The number of nitrogens with two attached hydrogens (primary N) is 1. The molecule has 2 heterocycles. The Kier molecular flexibility index (Phi) is 12.5. The maximum Gasteiger partial charge on any atom is 0.242 e. The third kappa shape index (κ3) is 9.88. The largest absolute Gasteiger partial charge is 0.508 e. The lowest BCUT2D eigenvalue weighted by Crippen LogP contribution is -2.53. The maximum absolute atomic E-state index is 14.2. The predicted octanol–water partition coefficient (Wildman–Crippen LogP) is 1.89. The third-order valence-electron chi connectivity index (χ3n) is 8.75. The monoisotopic (exact) mass is 679 g/mol. The van der Waals surface area contributed by atoms with Crippen molar-refractivity contribution in [3.63, 3.8) is 0 Å². The van der Waals surface area contributed by atoms with Crippen LogP contribution in [0.15, 0.2) is 85.1 Å². The van der Waals surface area contributed by atoms with Crippen LogP contribution in [0.5, 0.6) is 5.75 Å². The van der Waals surface area contributed by atoms with Crippen LogP contribution in [0, 0.1) is 0 Å². The molecule has 3 aromatic carbocycles. The van der Waals surface area contributed by atoms with Crippen molar-refractivity contribution in [1.29, 1.82) is 0 Å². The van der Waals surface area contributed by atoms with E-state index in [1.54, 1.807) is 24.3 Å². The van der Waals surface area contributed by atoms with Crippen LogP contribution < -0.4 is 27.0 Å². The van der Waals surface area contributed by atoms with Crippen LogP contribution in [0.2, 0.25) is 0 Å². The van der Waals surface area contributed by atoms with E-state index in [0.717, 1.165) is 60.3 Å². The van der Waals surface area contributed by atoms with Crippen molar-refractivity contribution < 1.29 is 24.3 Å². The summed E-state index contributed by atoms with van der Waals surface area (Å²) in [5, 5.41) is 21.7. The zero-order chi connectivity index (χ0) is 35.5. The summed E-state index contributed by atoms with van der Waals surface area (Å²) < 4.78 is 0. The fourth-order valence-corrected chi connectivity index (χ4v) is 5.94. The van der Waals surface area contributed by atoms with Gasteiger partial charge in [0.05, 0.1) is 18.6 Å². The van der Waals surface area contributed by atoms with Crippen molar-refractivity contribution in [2.24, 2.45) is 5.73 Å². The average Bonchev–Trinajstić information content (AvgIpc) is 3.54. The highest BCUT2D eigenvalue weighted by molar-refractivity contribution is 6.05. The van der Waals surface area contributed by atoms with Crippen molar-refractivity contribution in [1.82, 2.24) is 31.2 Å². The number of benzene rings is 3. The number of Topliss-reactive ketones (excluding diaryl/α,β-unsaturated/α-hetero) is 1. The lowest BCUT2D eigenvalue weighted by Gasteiger charge is -2.25. The van der Waals surface area contributed by atoms with Gasteiger partial charge >= 0.3 is 0 Å². The number of carbonyl (C=O) groups is 4. The Labute approximate surface area is 291 Å². The zero-order valence-corrected chi connectivity index (χ0v) is 28.2. The molecule has 5 rings (SSSR count). The summed E-state index contributed by atoms with van der Waals surface area (Å²) in [6, 6.07) is 18.6. The minimum absolute atomic E-state index is 0.105. The van der Waals surface area contributed by atoms with Crippen molar-refractivity contribution in [3.05, 3.63) is 107 Å². The van der Waals surface area contributed by atoms with Crippen LogP contribution in [0.3, 0.4) is 0 Å². The summed E-state index contributed by atoms with van der Waals surface area (Å²) in [6.45, 7) is 5.67. The average molecular weight is 680 g/mol. The van der Waals surface area contributed by atoms with Crippen LogP contribution >= 0.6 is 0 Å². The Morgan fingerprint density at radius 2 is 1.64 bits per heavy atom. The van der Waals surface area contributed by atoms with Crippen molar-refractivity contribution in [2.45, 2.75) is 37.9 Å². The van der Waals surface area contributed by atoms with Gasteiger partial charge in [0.25, 0.3) is 0 Å². The van der Waals surface area contributed by atoms with E-state index in [0.29, 0.717) is 5.56 Å². The second-order valence-electron chi connectivity index (χ2n) is 12.5. The Bertz CT molecular complexity index is 1810. The molecule has 262 valence electrons. The molecule has 1 aliphatic rings. The van der Waals surface area contributed by atoms with Gasteiger partial charge in [0, 0.05) is 61.8 Å². The first-order valence-corrected chi connectivity index (χ1v) is 16.9. The fraction of sp³-hybridized carbons (Fsp3) is 0.316. The number of nitrogens with one attached hydrogen (secondary N) is 5. The number of phenols is 1. The number of hydrogen-bond acceptors (Lipinski definition) is 8. The van der Waals surface area contributed by atoms with E-state index in [4.69, 9.17) is 5.73 Å². The zero-order valence-electron chi connectivity index (χ0n) is 28.2. The van der Waals surface area contributed by atoms with Gasteiger partial charge in [-0.1, -0.05) is 66.7 Å². The van der Waals surface area contributed by atoms with Crippen molar-refractivity contribution >= 4 is 40.5 Å². The topological polar surface area (TPSA) is 182 Å². The summed E-state index contributed by atoms with van der Waals surface area (Å²) in [6.07, 6.45) is 6.29. The minimum atomic E-state index is -0.968. The number of para-hydroxylation sites is 1. The number of amides is 3. The SMILES string of the molecule is C[C@@H](NC(=O)C(N)Cc1ccc(O)cc1)C(=O)NCC(=O)N[C@@H](Cc1c[nH]c2ccccc12)C(=O)c1ccccc1/C=C/CN1CCNCC1. The number of H-pyrrole nitrogens is 1. The van der Waals surface area contributed by atoms with E-state index >= 15 is 0 Å². The van der Waals surface area contributed by atoms with E-state index in [1.165, 1.54) is 19.1 Å². The molecule has 50 heavy (non-hydrogen) atoms. The number of aromatic amines is 1. The Balaban J connectivity index is 1.23. The minimum Gasteiger partial charge on any atom is -0.508 e. The second kappa shape index (κ2) is 17.4. The van der Waals surface area contributed by atoms with Gasteiger partial charge in [0.15, 0.2) is 5.78 Å². The summed E-state index contributed by atoms with van der Waals surface area (Å²) in [5.74, 6) is -1.81. The summed E-state index contributed by atoms with van der Waals surface area (Å²) in [7, 11) is 0. The highest BCUT2D eigenvalue weighted by atomic mass is 16.3. The van der Waals surface area contributed by atoms with E-state index in [1.807, 2.05) is 48.7 Å². The molecule has 8 N–H and O–H groups in total. The van der Waals surface area contributed by atoms with Gasteiger partial charge in [-0.05, 0) is 48.2 Å². The number of hydrogen-bond donors (Lipinski definition) is 7. The number of fused-ring (bicyclic) bond motifs is 1. The molecule has 0 radical (unpaired) electrons. The van der Waals surface area contributed by atoms with Gasteiger partial charge in [-0.15, -0.1) is 0 Å². The van der Waals surface area contributed by atoms with E-state index in [-0.39, 0.29) is 24.4 Å². The maximum atomic E-state index is 14.2. The number of carbonyl (C=O) groups excluding carboxylic acids is 4. The van der Waals surface area contributed by atoms with Gasteiger partial charge in [-0.3, -0.25) is 24.1 Å². The fourth-order valence-electron chi connectivity index (χ4n) is 5.94. The normalized spacial score (nSPS) is 15.3. The highest BCUT2D eigenvalue weighted by Gasteiger charge is 2.26. The molecular formula is C38H45N7O5. The number of piperazine rings is 1. The molecule has 3 amide bonds. The molecule has 0 spiro atoms. The van der Waals surface area contributed by atoms with Gasteiger partial charge in [-0.25, -0.2) is 0 Å². The molecule has 1 saturated heterocycles. The molecule has 3 atom stereocenters. The van der Waals surface area contributed by atoms with Gasteiger partial charge < -0.3 is 37.1 Å². The summed E-state index contributed by atoms with van der Waals surface area (Å²) >= 11 is 0. The standard InChI is InChI=1S/C38H45N7O5/c1-25(43-38(50)32(39)21-26-12-14-29(46)15-13-26)37(49)42-24-35(47)44-34(22-28-23-41-33-11-5-4-9-30(28)33)36(48)31-10-3-2-7-27(31)8-6-18-45-19-16-40-17-20-45/h2-15,23,25,32,34,40-41,46H,16-22,24,39H2,1H3,(H,42,49)(H,43,50)(H,44,47)/b8-6+/t25-,32?,34+/m1/s1. The predicted molar refractivity (Wildman–Crippen MR) is 193 cm³/mol. The number of rotatable bonds is 15. The lowest BCUT2D eigenvalue weighted by atomic mass is 9.94. The van der Waals surface area contributed by atoms with Gasteiger partial charge in [0.1, 0.15) is 11.8 Å². The number of nitrogens with zero attached hydrogens (tertiary/aromatic N) is 1. The molecule has 0 aliphatic carbocycles. The molecule has 12 heteroatoms. The summed E-state index contributed by atoms with van der Waals surface area (Å²) in [5.41, 5.74) is 9.82. The van der Waals surface area contributed by atoms with Gasteiger partial charge in [-0.2, -0.15) is 0 Å². The van der Waals surface area contributed by atoms with Crippen molar-refractivity contribution in [3.8, 4) is 5.75 Å². The molecule has 4 aromatic rings. The molecule has 12 nitrogen and oxygen atoms in total. The Morgan fingerprint density at radius 1 is 0.920 bits per heavy atom. The first kappa shape index (κ1) is 36.0. The Morgan fingerprint density at radius 3 is 2.42 bits per heavy atom. The number of aromatic hydroxyl groups is 1. The van der Waals surface area contributed by atoms with E-state index in [9.17, 15) is 24.3 Å². The molecular weight excluding hydrogens is 634 g/mol. The third-order valence-corrected chi connectivity index (χ3v) is 8.75. The van der Waals surface area contributed by atoms with Crippen LogP contribution in [0.4, 0.5) is 0 Å². The lowest BCUT2D eigenvalue weighted by molar-refractivity contribution is -0.130. The molecule has 1 aliphatic heterocycles. The smallest absolute Gasteiger partial charge is 0.242 e. The van der Waals surface area contributed by atoms with Crippen LogP contribution in [-0.4, -0.2) is 95.9 Å². The second-order valence-corrected chi connectivity index (χ2v) is 12.5. The highest BCUT2D eigenvalue weighted by Crippen LogP contribution is 2.22. The van der Waals surface area contributed by atoms with Crippen LogP contribution in [-0.2, 0) is 27.2 Å². The number of ketones is 1. The van der Waals surface area contributed by atoms with E-state index < -0.39 is 42.4 Å². The van der Waals surface area contributed by atoms with Crippen LogP contribution in [0.1, 0.15) is 34.0 Å². The number of phenolic OH excluding ortho intramolecular Hbond substituents is 1. The molecule has 0 bridgehead atoms. The van der Waals surface area contributed by atoms with Crippen molar-refractivity contribution in [2.75, 3.05) is 39.3 Å². The summed E-state index contributed by atoms with van der Waals surface area (Å²) in [4.78, 5) is 58.5. The quantitative estimate of drug-likeness (QED) is 0.0931. The molecule has 0 saturated carbocycles. The van der Waals surface area contributed by atoms with E-state index in [2.05, 4.69) is 37.2 Å². The van der Waals surface area contributed by atoms with Gasteiger partial charge in [0.2, 0.25) is 17.7 Å². The molecule has 1 unspecified atom stereocenters. The molecule has 1 fully saturated rings. The Hall–Kier alpha value is -5.30. The van der Waals surface area contributed by atoms with Crippen LogP contribution in [0.25, 0.3) is 17.0 Å². The molecule has 1 aromatic heterocycles.